The van der Waals surface area contributed by atoms with Gasteiger partial charge in [-0.2, -0.15) is 0 Å². The molecule has 0 bridgehead atoms. The number of aliphatic hydroxyl groups excluding tert-OH is 1. The lowest BCUT2D eigenvalue weighted by atomic mass is 10.2. The fourth-order valence-corrected chi connectivity index (χ4v) is 1.48. The molecule has 0 aliphatic rings. The Kier molecular flexibility index (Phi) is 2.81. The zero-order valence-electron chi connectivity index (χ0n) is 7.89. The minimum atomic E-state index is 0.0687. The summed E-state index contributed by atoms with van der Waals surface area (Å²) >= 11 is 0. The van der Waals surface area contributed by atoms with Crippen molar-refractivity contribution < 1.29 is 9.84 Å². The van der Waals surface area contributed by atoms with E-state index in [1.807, 2.05) is 22.9 Å². The number of ether oxygens (including phenoxy) is 1. The summed E-state index contributed by atoms with van der Waals surface area (Å²) in [5.41, 5.74) is 1.16. The molecule has 0 amide bonds. The van der Waals surface area contributed by atoms with Gasteiger partial charge >= 0.3 is 0 Å². The van der Waals surface area contributed by atoms with Crippen LogP contribution in [0, 0.1) is 0 Å². The lowest BCUT2D eigenvalue weighted by Gasteiger charge is -2.05. The van der Waals surface area contributed by atoms with Crippen LogP contribution in [-0.2, 0) is 11.5 Å². The van der Waals surface area contributed by atoms with Crippen molar-refractivity contribution in [3.05, 3.63) is 36.5 Å². The highest BCUT2D eigenvalue weighted by Gasteiger charge is 1.98. The first-order valence-corrected chi connectivity index (χ1v) is 4.64. The van der Waals surface area contributed by atoms with E-state index in [0.717, 1.165) is 5.52 Å². The van der Waals surface area contributed by atoms with Gasteiger partial charge in [0.15, 0.2) is 0 Å². The fourth-order valence-electron chi connectivity index (χ4n) is 1.48. The van der Waals surface area contributed by atoms with Gasteiger partial charge in [0.1, 0.15) is 6.73 Å². The van der Waals surface area contributed by atoms with Crippen LogP contribution in [0.3, 0.4) is 0 Å². The van der Waals surface area contributed by atoms with Gasteiger partial charge in [0.2, 0.25) is 0 Å². The molecule has 3 nitrogen and oxygen atoms in total. The van der Waals surface area contributed by atoms with Gasteiger partial charge in [-0.25, -0.2) is 0 Å². The normalized spacial score (nSPS) is 10.9. The number of para-hydroxylation sites is 1. The predicted molar refractivity (Wildman–Crippen MR) is 55.0 cm³/mol. The molecule has 14 heavy (non-hydrogen) atoms. The van der Waals surface area contributed by atoms with Crippen molar-refractivity contribution in [2.75, 3.05) is 13.2 Å². The van der Waals surface area contributed by atoms with E-state index in [1.54, 1.807) is 0 Å². The third kappa shape index (κ3) is 1.78. The molecule has 3 heteroatoms. The maximum absolute atomic E-state index is 8.57. The fraction of sp³-hybridized carbons (Fsp3) is 0.273. The van der Waals surface area contributed by atoms with E-state index in [-0.39, 0.29) is 6.61 Å². The van der Waals surface area contributed by atoms with Crippen LogP contribution in [0.5, 0.6) is 0 Å². The van der Waals surface area contributed by atoms with Gasteiger partial charge in [-0.3, -0.25) is 0 Å². The molecule has 0 fully saturated rings. The second-order valence-corrected chi connectivity index (χ2v) is 3.11. The second kappa shape index (κ2) is 4.26. The second-order valence-electron chi connectivity index (χ2n) is 3.11. The Hall–Kier alpha value is -1.32. The Balaban J connectivity index is 2.17. The molecule has 0 spiro atoms. The third-order valence-electron chi connectivity index (χ3n) is 2.15. The monoisotopic (exact) mass is 191 g/mol. The third-order valence-corrected chi connectivity index (χ3v) is 2.15. The summed E-state index contributed by atoms with van der Waals surface area (Å²) in [7, 11) is 0. The van der Waals surface area contributed by atoms with Crippen LogP contribution < -0.4 is 0 Å². The number of nitrogens with zero attached hydrogens (tertiary/aromatic N) is 1. The van der Waals surface area contributed by atoms with Crippen molar-refractivity contribution in [3.63, 3.8) is 0 Å². The molecule has 0 atom stereocenters. The van der Waals surface area contributed by atoms with Gasteiger partial charge in [-0.05, 0) is 17.5 Å². The van der Waals surface area contributed by atoms with Gasteiger partial charge in [0.25, 0.3) is 0 Å². The minimum absolute atomic E-state index is 0.0687. The molecule has 0 saturated heterocycles. The van der Waals surface area contributed by atoms with Crippen molar-refractivity contribution >= 4 is 10.9 Å². The summed E-state index contributed by atoms with van der Waals surface area (Å²) in [4.78, 5) is 0. The Labute approximate surface area is 82.5 Å². The van der Waals surface area contributed by atoms with Gasteiger partial charge in [0.05, 0.1) is 13.2 Å². The van der Waals surface area contributed by atoms with E-state index >= 15 is 0 Å². The summed E-state index contributed by atoms with van der Waals surface area (Å²) in [6.45, 7) is 0.944. The molecule has 1 N–H and O–H groups in total. The number of hydrogen-bond acceptors (Lipinski definition) is 2. The molecule has 0 radical (unpaired) electrons. The van der Waals surface area contributed by atoms with Crippen molar-refractivity contribution in [3.8, 4) is 0 Å². The van der Waals surface area contributed by atoms with Crippen LogP contribution in [0.2, 0.25) is 0 Å². The van der Waals surface area contributed by atoms with Gasteiger partial charge < -0.3 is 14.4 Å². The smallest absolute Gasteiger partial charge is 0.123 e. The van der Waals surface area contributed by atoms with E-state index < -0.39 is 0 Å². The van der Waals surface area contributed by atoms with Crippen LogP contribution in [0.15, 0.2) is 36.5 Å². The zero-order valence-corrected chi connectivity index (χ0v) is 7.89. The van der Waals surface area contributed by atoms with Crippen LogP contribution in [0.25, 0.3) is 10.9 Å². The lowest BCUT2D eigenvalue weighted by molar-refractivity contribution is 0.0504. The molecule has 0 aliphatic carbocycles. The maximum atomic E-state index is 8.57. The van der Waals surface area contributed by atoms with E-state index in [9.17, 15) is 0 Å². The Morgan fingerprint density at radius 2 is 2.07 bits per heavy atom. The average Bonchev–Trinajstić information content (AvgIpc) is 2.63. The number of fused-ring (bicyclic) bond motifs is 1. The molecule has 2 rings (SSSR count). The van der Waals surface area contributed by atoms with Crippen molar-refractivity contribution in [2.24, 2.45) is 0 Å². The van der Waals surface area contributed by atoms with E-state index in [0.29, 0.717) is 13.3 Å². The summed E-state index contributed by atoms with van der Waals surface area (Å²) in [6.07, 6.45) is 1.99. The molecule has 1 heterocycles. The number of benzene rings is 1. The molecule has 1 aromatic carbocycles. The molecule has 0 unspecified atom stereocenters. The van der Waals surface area contributed by atoms with Crippen molar-refractivity contribution in [2.45, 2.75) is 6.73 Å². The number of rotatable bonds is 4. The molecular weight excluding hydrogens is 178 g/mol. The summed E-state index contributed by atoms with van der Waals surface area (Å²) in [5.74, 6) is 0. The topological polar surface area (TPSA) is 34.4 Å². The van der Waals surface area contributed by atoms with E-state index in [4.69, 9.17) is 9.84 Å². The lowest BCUT2D eigenvalue weighted by Crippen LogP contribution is -2.04. The largest absolute Gasteiger partial charge is 0.394 e. The molecule has 0 saturated carbocycles. The Morgan fingerprint density at radius 1 is 1.21 bits per heavy atom. The molecule has 74 valence electrons. The molecule has 1 aromatic heterocycles. The van der Waals surface area contributed by atoms with Crippen molar-refractivity contribution in [1.29, 1.82) is 0 Å². The van der Waals surface area contributed by atoms with Gasteiger partial charge in [-0.15, -0.1) is 0 Å². The Bertz CT molecular complexity index is 408. The SMILES string of the molecule is OCCOCn1ccc2ccccc21. The van der Waals surface area contributed by atoms with Gasteiger partial charge in [0, 0.05) is 11.7 Å². The number of aromatic nitrogens is 1. The Morgan fingerprint density at radius 3 is 2.93 bits per heavy atom. The standard InChI is InChI=1S/C11H13NO2/c13-7-8-14-9-12-6-5-10-3-1-2-4-11(10)12/h1-6,13H,7-9H2. The predicted octanol–water partition coefficient (Wildman–Crippen LogP) is 1.61. The van der Waals surface area contributed by atoms with Crippen LogP contribution in [-0.4, -0.2) is 22.9 Å². The first-order valence-electron chi connectivity index (χ1n) is 4.64. The summed E-state index contributed by atoms with van der Waals surface area (Å²) < 4.78 is 7.27. The average molecular weight is 191 g/mol. The molecular formula is C11H13NO2. The quantitative estimate of drug-likeness (QED) is 0.745. The van der Waals surface area contributed by atoms with Crippen LogP contribution in [0.1, 0.15) is 0 Å². The van der Waals surface area contributed by atoms with E-state index in [2.05, 4.69) is 18.2 Å². The van der Waals surface area contributed by atoms with Crippen LogP contribution in [0.4, 0.5) is 0 Å². The van der Waals surface area contributed by atoms with Crippen molar-refractivity contribution in [1.82, 2.24) is 4.57 Å². The highest BCUT2D eigenvalue weighted by molar-refractivity contribution is 5.79. The number of hydrogen-bond donors (Lipinski definition) is 1. The number of aliphatic hydroxyl groups is 1. The minimum Gasteiger partial charge on any atom is -0.394 e. The highest BCUT2D eigenvalue weighted by atomic mass is 16.5. The van der Waals surface area contributed by atoms with Crippen LogP contribution >= 0.6 is 0 Å². The summed E-state index contributed by atoms with van der Waals surface area (Å²) in [5, 5.41) is 9.78. The molecule has 0 aliphatic heterocycles. The maximum Gasteiger partial charge on any atom is 0.123 e. The van der Waals surface area contributed by atoms with E-state index in [1.165, 1.54) is 5.39 Å². The zero-order chi connectivity index (χ0) is 9.80. The highest BCUT2D eigenvalue weighted by Crippen LogP contribution is 2.14. The van der Waals surface area contributed by atoms with Gasteiger partial charge in [-0.1, -0.05) is 18.2 Å². The first kappa shape index (κ1) is 9.24. The molecule has 2 aromatic rings. The first-order chi connectivity index (χ1) is 6.92. The summed E-state index contributed by atoms with van der Waals surface area (Å²) in [6, 6.07) is 10.2.